The molecule has 3 aromatic rings. The molecule has 158 valence electrons. The Morgan fingerprint density at radius 3 is 2.37 bits per heavy atom. The SMILES string of the molecule is Cc1nc(C2CC2)nc2sc(C(=O)N(C)C(C)c3ccc(S(C)(=O)=O)cc3)c(C)c12. The molecule has 0 radical (unpaired) electrons. The van der Waals surface area contributed by atoms with Crippen molar-refractivity contribution in [2.75, 3.05) is 13.3 Å². The van der Waals surface area contributed by atoms with E-state index in [0.717, 1.165) is 45.7 Å². The molecule has 6 nitrogen and oxygen atoms in total. The average Bonchev–Trinajstić information content (AvgIpc) is 3.49. The van der Waals surface area contributed by atoms with Gasteiger partial charge in [-0.1, -0.05) is 12.1 Å². The van der Waals surface area contributed by atoms with Crippen LogP contribution in [-0.2, 0) is 9.84 Å². The smallest absolute Gasteiger partial charge is 0.264 e. The second-order valence-electron chi connectivity index (χ2n) is 8.11. The number of aryl methyl sites for hydroxylation is 2. The van der Waals surface area contributed by atoms with Crippen LogP contribution in [-0.4, -0.2) is 42.5 Å². The van der Waals surface area contributed by atoms with Crippen molar-refractivity contribution in [1.29, 1.82) is 0 Å². The van der Waals surface area contributed by atoms with E-state index >= 15 is 0 Å². The Balaban J connectivity index is 1.64. The first-order valence-corrected chi connectivity index (χ1v) is 12.6. The molecule has 1 aliphatic carbocycles. The van der Waals surface area contributed by atoms with Gasteiger partial charge in [0, 0.05) is 24.6 Å². The summed E-state index contributed by atoms with van der Waals surface area (Å²) < 4.78 is 23.4. The second-order valence-corrected chi connectivity index (χ2v) is 11.1. The molecule has 30 heavy (non-hydrogen) atoms. The molecule has 0 saturated heterocycles. The lowest BCUT2D eigenvalue weighted by Gasteiger charge is -2.25. The summed E-state index contributed by atoms with van der Waals surface area (Å²) in [7, 11) is -1.47. The van der Waals surface area contributed by atoms with Crippen molar-refractivity contribution in [1.82, 2.24) is 14.9 Å². The fourth-order valence-electron chi connectivity index (χ4n) is 3.64. The number of hydrogen-bond donors (Lipinski definition) is 0. The van der Waals surface area contributed by atoms with Crippen molar-refractivity contribution >= 4 is 37.3 Å². The minimum atomic E-state index is -3.25. The van der Waals surface area contributed by atoms with Gasteiger partial charge in [0.15, 0.2) is 9.84 Å². The molecule has 0 spiro atoms. The molecule has 4 rings (SSSR count). The Kier molecular flexibility index (Phi) is 5.18. The first-order chi connectivity index (χ1) is 14.1. The van der Waals surface area contributed by atoms with Crippen LogP contribution in [0.2, 0.25) is 0 Å². The normalized spacial score (nSPS) is 15.4. The van der Waals surface area contributed by atoms with E-state index in [1.54, 1.807) is 36.2 Å². The van der Waals surface area contributed by atoms with Gasteiger partial charge in [0.05, 0.1) is 21.5 Å². The van der Waals surface area contributed by atoms with Crippen molar-refractivity contribution < 1.29 is 13.2 Å². The first kappa shape index (κ1) is 20.9. The highest BCUT2D eigenvalue weighted by atomic mass is 32.2. The highest BCUT2D eigenvalue weighted by Crippen LogP contribution is 2.40. The zero-order valence-corrected chi connectivity index (χ0v) is 19.4. The van der Waals surface area contributed by atoms with Crippen LogP contribution in [0, 0.1) is 13.8 Å². The number of nitrogens with zero attached hydrogens (tertiary/aromatic N) is 3. The maximum atomic E-state index is 13.3. The van der Waals surface area contributed by atoms with Gasteiger partial charge >= 0.3 is 0 Å². The average molecular weight is 444 g/mol. The number of amides is 1. The Morgan fingerprint density at radius 1 is 1.17 bits per heavy atom. The molecule has 1 amide bonds. The van der Waals surface area contributed by atoms with Gasteiger partial charge in [0.2, 0.25) is 0 Å². The van der Waals surface area contributed by atoms with E-state index in [-0.39, 0.29) is 16.8 Å². The lowest BCUT2D eigenvalue weighted by Crippen LogP contribution is -2.29. The molecule has 1 atom stereocenters. The highest BCUT2D eigenvalue weighted by molar-refractivity contribution is 7.90. The maximum Gasteiger partial charge on any atom is 0.264 e. The third-order valence-corrected chi connectivity index (χ3v) is 8.12. The largest absolute Gasteiger partial charge is 0.334 e. The first-order valence-electron chi connectivity index (χ1n) is 9.92. The number of thiophene rings is 1. The fourth-order valence-corrected chi connectivity index (χ4v) is 5.49. The van der Waals surface area contributed by atoms with E-state index in [0.29, 0.717) is 10.8 Å². The molecular weight excluding hydrogens is 418 g/mol. The topological polar surface area (TPSA) is 80.2 Å². The summed E-state index contributed by atoms with van der Waals surface area (Å²) >= 11 is 1.43. The number of hydrogen-bond acceptors (Lipinski definition) is 6. The zero-order valence-electron chi connectivity index (χ0n) is 17.8. The number of rotatable bonds is 5. The molecule has 0 N–H and O–H groups in total. The third kappa shape index (κ3) is 3.74. The van der Waals surface area contributed by atoms with Crippen LogP contribution in [0.25, 0.3) is 10.2 Å². The van der Waals surface area contributed by atoms with E-state index in [1.807, 2.05) is 20.8 Å². The zero-order chi connectivity index (χ0) is 21.8. The molecule has 1 aliphatic rings. The van der Waals surface area contributed by atoms with E-state index in [1.165, 1.54) is 17.6 Å². The van der Waals surface area contributed by atoms with Gasteiger partial charge in [-0.15, -0.1) is 11.3 Å². The number of carbonyl (C=O) groups excluding carboxylic acids is 1. The molecule has 1 saturated carbocycles. The monoisotopic (exact) mass is 443 g/mol. The molecule has 2 aromatic heterocycles. The van der Waals surface area contributed by atoms with Crippen LogP contribution in [0.4, 0.5) is 0 Å². The summed E-state index contributed by atoms with van der Waals surface area (Å²) in [5.41, 5.74) is 2.73. The summed E-state index contributed by atoms with van der Waals surface area (Å²) in [4.78, 5) is 26.2. The quantitative estimate of drug-likeness (QED) is 0.583. The molecule has 8 heteroatoms. The fraction of sp³-hybridized carbons (Fsp3) is 0.409. The third-order valence-electron chi connectivity index (χ3n) is 5.82. The van der Waals surface area contributed by atoms with Gasteiger partial charge in [-0.3, -0.25) is 4.79 Å². The summed E-state index contributed by atoms with van der Waals surface area (Å²) in [6, 6.07) is 6.50. The number of sulfone groups is 1. The second kappa shape index (κ2) is 7.42. The molecule has 0 bridgehead atoms. The van der Waals surface area contributed by atoms with Crippen LogP contribution < -0.4 is 0 Å². The lowest BCUT2D eigenvalue weighted by atomic mass is 10.1. The van der Waals surface area contributed by atoms with Crippen molar-refractivity contribution in [2.45, 2.75) is 50.5 Å². The van der Waals surface area contributed by atoms with E-state index < -0.39 is 9.84 Å². The Morgan fingerprint density at radius 2 is 1.80 bits per heavy atom. The highest BCUT2D eigenvalue weighted by Gasteiger charge is 2.29. The Bertz CT molecular complexity index is 1240. The van der Waals surface area contributed by atoms with Gasteiger partial charge < -0.3 is 4.90 Å². The molecule has 0 aliphatic heterocycles. The molecule has 1 aromatic carbocycles. The van der Waals surface area contributed by atoms with Gasteiger partial charge in [-0.05, 0) is 56.9 Å². The standard InChI is InChI=1S/C22H25N3O3S2/c1-12-18-13(2)23-20(16-6-7-16)24-21(18)29-19(12)22(26)25(4)14(3)15-8-10-17(11-9-15)30(5,27)28/h8-11,14,16H,6-7H2,1-5H3. The molecular formula is C22H25N3O3S2. The maximum absolute atomic E-state index is 13.3. The predicted molar refractivity (Wildman–Crippen MR) is 119 cm³/mol. The molecule has 1 unspecified atom stereocenters. The van der Waals surface area contributed by atoms with Crippen LogP contribution in [0.3, 0.4) is 0 Å². The van der Waals surface area contributed by atoms with Crippen molar-refractivity contribution in [2.24, 2.45) is 0 Å². The van der Waals surface area contributed by atoms with Crippen molar-refractivity contribution in [3.63, 3.8) is 0 Å². The molecule has 1 fully saturated rings. The minimum absolute atomic E-state index is 0.0671. The Hall–Kier alpha value is -2.32. The van der Waals surface area contributed by atoms with Gasteiger partial charge in [0.1, 0.15) is 10.7 Å². The van der Waals surface area contributed by atoms with Crippen LogP contribution in [0.1, 0.15) is 64.0 Å². The number of fused-ring (bicyclic) bond motifs is 1. The van der Waals surface area contributed by atoms with E-state index in [2.05, 4.69) is 4.98 Å². The van der Waals surface area contributed by atoms with Gasteiger partial charge in [-0.25, -0.2) is 18.4 Å². The van der Waals surface area contributed by atoms with Crippen LogP contribution in [0.15, 0.2) is 29.2 Å². The summed E-state index contributed by atoms with van der Waals surface area (Å²) in [5, 5.41) is 0.978. The van der Waals surface area contributed by atoms with Crippen molar-refractivity contribution in [3.05, 3.63) is 51.8 Å². The number of aromatic nitrogens is 2. The van der Waals surface area contributed by atoms with E-state index in [4.69, 9.17) is 4.98 Å². The molecule has 2 heterocycles. The number of carbonyl (C=O) groups is 1. The van der Waals surface area contributed by atoms with Crippen molar-refractivity contribution in [3.8, 4) is 0 Å². The van der Waals surface area contributed by atoms with Crippen LogP contribution in [0.5, 0.6) is 0 Å². The van der Waals surface area contributed by atoms with Crippen LogP contribution >= 0.6 is 11.3 Å². The predicted octanol–water partition coefficient (Wildman–Crippen LogP) is 4.42. The number of benzene rings is 1. The van der Waals surface area contributed by atoms with Gasteiger partial charge in [0.25, 0.3) is 5.91 Å². The lowest BCUT2D eigenvalue weighted by molar-refractivity contribution is 0.0747. The summed E-state index contributed by atoms with van der Waals surface area (Å²) in [6.07, 6.45) is 3.46. The van der Waals surface area contributed by atoms with Gasteiger partial charge in [-0.2, -0.15) is 0 Å². The Labute approximate surface area is 180 Å². The summed E-state index contributed by atoms with van der Waals surface area (Å²) in [6.45, 7) is 5.88. The van der Waals surface area contributed by atoms with E-state index in [9.17, 15) is 13.2 Å². The minimum Gasteiger partial charge on any atom is -0.334 e. The summed E-state index contributed by atoms with van der Waals surface area (Å²) in [5.74, 6) is 1.29.